The number of fused-ring (bicyclic) bond motifs is 1. The number of thiazole rings is 1. The van der Waals surface area contributed by atoms with E-state index in [9.17, 15) is 13.2 Å². The molecule has 0 atom stereocenters. The minimum Gasteiger partial charge on any atom is -0.493 e. The fourth-order valence-corrected chi connectivity index (χ4v) is 6.80. The number of carbonyl (C=O) groups is 1. The van der Waals surface area contributed by atoms with Gasteiger partial charge in [-0.25, -0.2) is 13.4 Å². The van der Waals surface area contributed by atoms with E-state index in [2.05, 4.69) is 4.90 Å². The molecule has 212 valence electrons. The smallest absolute Gasteiger partial charge is 0.253 e. The van der Waals surface area contributed by atoms with E-state index in [1.807, 2.05) is 12.1 Å². The average Bonchev–Trinajstić information content (AvgIpc) is 3.41. The lowest BCUT2D eigenvalue weighted by Crippen LogP contribution is -2.48. The fraction of sp³-hybridized carbons (Fsp3) is 0.462. The Balaban J connectivity index is 1.41. The molecule has 4 rings (SSSR count). The number of nitrogens with zero attached hydrogens (tertiary/aromatic N) is 4. The van der Waals surface area contributed by atoms with Crippen molar-refractivity contribution in [2.24, 2.45) is 0 Å². The van der Waals surface area contributed by atoms with Gasteiger partial charge < -0.3 is 28.7 Å². The topological polar surface area (TPSA) is 111 Å². The lowest BCUT2D eigenvalue weighted by atomic mass is 10.2. The van der Waals surface area contributed by atoms with Gasteiger partial charge in [-0.05, 0) is 36.4 Å². The van der Waals surface area contributed by atoms with E-state index in [0.29, 0.717) is 43.2 Å². The summed E-state index contributed by atoms with van der Waals surface area (Å²) in [6.07, 6.45) is 0. The maximum absolute atomic E-state index is 13.2. The van der Waals surface area contributed by atoms with Crippen molar-refractivity contribution in [3.8, 4) is 11.5 Å². The Morgan fingerprint density at radius 2 is 1.56 bits per heavy atom. The number of sulfonamides is 1. The second kappa shape index (κ2) is 12.9. The number of methoxy groups -OCH3 is 4. The molecule has 0 aliphatic carbocycles. The van der Waals surface area contributed by atoms with Gasteiger partial charge in [-0.3, -0.25) is 4.79 Å². The molecule has 1 aromatic heterocycles. The quantitative estimate of drug-likeness (QED) is 0.320. The van der Waals surface area contributed by atoms with Gasteiger partial charge in [0, 0.05) is 59.1 Å². The molecule has 0 saturated carbocycles. The number of benzene rings is 2. The molecule has 39 heavy (non-hydrogen) atoms. The molecule has 0 unspecified atom stereocenters. The highest BCUT2D eigenvalue weighted by atomic mass is 32.2. The average molecular weight is 579 g/mol. The SMILES string of the molecule is COCCN(CCOC)S(=O)(=O)c1ccc(C(=O)N2CCN(c3nc4c(OC)c(OC)ccc4s3)CC2)cc1. The van der Waals surface area contributed by atoms with Crippen LogP contribution in [0, 0.1) is 0 Å². The van der Waals surface area contributed by atoms with Gasteiger partial charge in [0.25, 0.3) is 5.91 Å². The van der Waals surface area contributed by atoms with Crippen LogP contribution in [-0.2, 0) is 19.5 Å². The van der Waals surface area contributed by atoms with Crippen LogP contribution in [0.15, 0.2) is 41.3 Å². The summed E-state index contributed by atoms with van der Waals surface area (Å²) in [5.41, 5.74) is 1.20. The van der Waals surface area contributed by atoms with Crippen LogP contribution in [0.1, 0.15) is 10.4 Å². The van der Waals surface area contributed by atoms with E-state index >= 15 is 0 Å². The molecule has 1 aliphatic rings. The Morgan fingerprint density at radius 1 is 0.923 bits per heavy atom. The molecule has 3 aromatic rings. The number of hydrogen-bond acceptors (Lipinski definition) is 10. The lowest BCUT2D eigenvalue weighted by Gasteiger charge is -2.34. The number of carbonyl (C=O) groups excluding carboxylic acids is 1. The second-order valence-electron chi connectivity index (χ2n) is 8.84. The van der Waals surface area contributed by atoms with Gasteiger partial charge in [0.05, 0.1) is 37.0 Å². The number of ether oxygens (including phenoxy) is 4. The summed E-state index contributed by atoms with van der Waals surface area (Å²) in [6, 6.07) is 9.94. The van der Waals surface area contributed by atoms with Gasteiger partial charge in [0.2, 0.25) is 10.0 Å². The number of hydrogen-bond donors (Lipinski definition) is 0. The van der Waals surface area contributed by atoms with Crippen molar-refractivity contribution < 1.29 is 32.2 Å². The summed E-state index contributed by atoms with van der Waals surface area (Å²) >= 11 is 1.57. The molecule has 2 aromatic carbocycles. The van der Waals surface area contributed by atoms with E-state index in [4.69, 9.17) is 23.9 Å². The number of piperazine rings is 1. The summed E-state index contributed by atoms with van der Waals surface area (Å²) in [4.78, 5) is 22.0. The van der Waals surface area contributed by atoms with Crippen LogP contribution >= 0.6 is 11.3 Å². The van der Waals surface area contributed by atoms with Crippen LogP contribution in [0.3, 0.4) is 0 Å². The van der Waals surface area contributed by atoms with Crippen molar-refractivity contribution >= 4 is 42.6 Å². The Morgan fingerprint density at radius 3 is 2.13 bits per heavy atom. The van der Waals surface area contributed by atoms with Gasteiger partial charge in [-0.2, -0.15) is 4.31 Å². The van der Waals surface area contributed by atoms with Crippen molar-refractivity contribution in [2.75, 3.05) is 85.8 Å². The molecule has 2 heterocycles. The predicted octanol–water partition coefficient (Wildman–Crippen LogP) is 2.56. The molecular formula is C26H34N4O7S2. The Bertz CT molecular complexity index is 1360. The van der Waals surface area contributed by atoms with Crippen molar-refractivity contribution in [3.63, 3.8) is 0 Å². The third kappa shape index (κ3) is 6.28. The first-order valence-electron chi connectivity index (χ1n) is 12.5. The summed E-state index contributed by atoms with van der Waals surface area (Å²) in [6.45, 7) is 3.27. The van der Waals surface area contributed by atoms with Crippen LogP contribution in [0.2, 0.25) is 0 Å². The zero-order valence-corrected chi connectivity index (χ0v) is 24.2. The summed E-state index contributed by atoms with van der Waals surface area (Å²) < 4.78 is 49.6. The van der Waals surface area contributed by atoms with Crippen LogP contribution < -0.4 is 14.4 Å². The van der Waals surface area contributed by atoms with Crippen LogP contribution in [0.25, 0.3) is 10.2 Å². The van der Waals surface area contributed by atoms with Gasteiger partial charge in [0.1, 0.15) is 5.52 Å². The van der Waals surface area contributed by atoms with E-state index in [1.54, 1.807) is 42.6 Å². The van der Waals surface area contributed by atoms with Gasteiger partial charge >= 0.3 is 0 Å². The van der Waals surface area contributed by atoms with Crippen molar-refractivity contribution in [1.82, 2.24) is 14.2 Å². The first-order chi connectivity index (χ1) is 18.8. The fourth-order valence-electron chi connectivity index (χ4n) is 4.37. The normalized spacial score (nSPS) is 14.3. The largest absolute Gasteiger partial charge is 0.493 e. The highest BCUT2D eigenvalue weighted by Crippen LogP contribution is 2.40. The number of anilines is 1. The minimum atomic E-state index is -3.75. The molecule has 0 radical (unpaired) electrons. The molecule has 1 fully saturated rings. The highest BCUT2D eigenvalue weighted by Gasteiger charge is 2.27. The maximum Gasteiger partial charge on any atom is 0.253 e. The monoisotopic (exact) mass is 578 g/mol. The zero-order chi connectivity index (χ0) is 28.0. The Hall–Kier alpha value is -2.97. The number of aromatic nitrogens is 1. The number of amides is 1. The zero-order valence-electron chi connectivity index (χ0n) is 22.6. The van der Waals surface area contributed by atoms with Crippen LogP contribution in [0.5, 0.6) is 11.5 Å². The first kappa shape index (κ1) is 29.0. The van der Waals surface area contributed by atoms with Gasteiger partial charge in [0.15, 0.2) is 16.6 Å². The van der Waals surface area contributed by atoms with Crippen molar-refractivity contribution in [1.29, 1.82) is 0 Å². The second-order valence-corrected chi connectivity index (χ2v) is 11.8. The molecular weight excluding hydrogens is 544 g/mol. The third-order valence-corrected chi connectivity index (χ3v) is 9.55. The lowest BCUT2D eigenvalue weighted by molar-refractivity contribution is 0.0746. The minimum absolute atomic E-state index is 0.124. The number of rotatable bonds is 12. The standard InChI is InChI=1S/C26H34N4O7S2/c1-34-17-15-30(16-18-35-2)39(32,33)20-7-5-19(6-8-20)25(31)28-11-13-29(14-12-28)26-27-23-22(38-26)10-9-21(36-3)24(23)37-4/h5-10H,11-18H2,1-4H3. The van der Waals surface area contributed by atoms with Gasteiger partial charge in [-0.15, -0.1) is 0 Å². The summed E-state index contributed by atoms with van der Waals surface area (Å²) in [7, 11) is 2.49. The van der Waals surface area contributed by atoms with E-state index in [1.165, 1.54) is 30.7 Å². The summed E-state index contributed by atoms with van der Waals surface area (Å²) in [5.74, 6) is 1.11. The van der Waals surface area contributed by atoms with E-state index < -0.39 is 10.0 Å². The molecule has 0 bridgehead atoms. The Kier molecular flexibility index (Phi) is 9.62. The molecule has 11 nitrogen and oxygen atoms in total. The van der Waals surface area contributed by atoms with E-state index in [-0.39, 0.29) is 37.1 Å². The molecule has 1 amide bonds. The van der Waals surface area contributed by atoms with Crippen LogP contribution in [-0.4, -0.2) is 109 Å². The first-order valence-corrected chi connectivity index (χ1v) is 14.7. The molecule has 0 spiro atoms. The Labute approximate surface area is 232 Å². The highest BCUT2D eigenvalue weighted by molar-refractivity contribution is 7.89. The van der Waals surface area contributed by atoms with Crippen molar-refractivity contribution in [3.05, 3.63) is 42.0 Å². The predicted molar refractivity (Wildman–Crippen MR) is 150 cm³/mol. The van der Waals surface area contributed by atoms with Crippen molar-refractivity contribution in [2.45, 2.75) is 4.90 Å². The van der Waals surface area contributed by atoms with Crippen LogP contribution in [0.4, 0.5) is 5.13 Å². The third-order valence-electron chi connectivity index (χ3n) is 6.56. The van der Waals surface area contributed by atoms with Gasteiger partial charge in [-0.1, -0.05) is 11.3 Å². The maximum atomic E-state index is 13.2. The molecule has 1 aliphatic heterocycles. The summed E-state index contributed by atoms with van der Waals surface area (Å²) in [5, 5.41) is 0.865. The molecule has 0 N–H and O–H groups in total. The molecule has 13 heteroatoms. The van der Waals surface area contributed by atoms with E-state index in [0.717, 1.165) is 15.3 Å². The molecule has 1 saturated heterocycles.